The van der Waals surface area contributed by atoms with E-state index in [1.165, 1.54) is 23.4 Å². The Balaban J connectivity index is 1.44. The first-order chi connectivity index (χ1) is 16.2. The molecule has 1 aromatic heterocycles. The van der Waals surface area contributed by atoms with Gasteiger partial charge in [0.1, 0.15) is 5.82 Å². The lowest BCUT2D eigenvalue weighted by Gasteiger charge is -2.16. The largest absolute Gasteiger partial charge is 0.256 e. The summed E-state index contributed by atoms with van der Waals surface area (Å²) in [6.07, 6.45) is 1.47. The molecule has 0 unspecified atom stereocenters. The maximum Gasteiger partial charge on any atom is 0.152 e. The summed E-state index contributed by atoms with van der Waals surface area (Å²) in [6.45, 7) is 0. The van der Waals surface area contributed by atoms with E-state index in [-0.39, 0.29) is 10.8 Å². The van der Waals surface area contributed by atoms with Crippen LogP contribution in [0.25, 0.3) is 10.2 Å². The van der Waals surface area contributed by atoms with Gasteiger partial charge in [0.15, 0.2) is 4.34 Å². The molecule has 0 saturated heterocycles. The molecule has 0 aliphatic carbocycles. The maximum atomic E-state index is 14.0. The Bertz CT molecular complexity index is 1360. The van der Waals surface area contributed by atoms with Gasteiger partial charge in [-0.15, -0.1) is 11.3 Å². The van der Waals surface area contributed by atoms with Gasteiger partial charge in [-0.2, -0.15) is 0 Å². The molecular weight excluding hydrogens is 471 g/mol. The summed E-state index contributed by atoms with van der Waals surface area (Å²) in [5, 5.41) is 0.484. The second-order valence-electron chi connectivity index (χ2n) is 7.34. The van der Waals surface area contributed by atoms with Gasteiger partial charge in [0.05, 0.1) is 26.2 Å². The van der Waals surface area contributed by atoms with E-state index in [9.17, 15) is 4.39 Å². The van der Waals surface area contributed by atoms with Gasteiger partial charge in [0, 0.05) is 11.8 Å². The van der Waals surface area contributed by atoms with Crippen LogP contribution in [0.1, 0.15) is 21.9 Å². The summed E-state index contributed by atoms with van der Waals surface area (Å²) >= 11 is 9.48. The minimum atomic E-state index is -0.392. The van der Waals surface area contributed by atoms with Crippen LogP contribution >= 0.6 is 34.7 Å². The smallest absolute Gasteiger partial charge is 0.152 e. The van der Waals surface area contributed by atoms with Crippen LogP contribution in [-0.4, -0.2) is 11.2 Å². The van der Waals surface area contributed by atoms with Gasteiger partial charge in [-0.1, -0.05) is 90.1 Å². The van der Waals surface area contributed by atoms with E-state index >= 15 is 0 Å². The second-order valence-corrected chi connectivity index (χ2v) is 10.1. The first kappa shape index (κ1) is 21.8. The molecule has 0 saturated carbocycles. The molecular formula is C27H18ClFN2S2. The van der Waals surface area contributed by atoms with Gasteiger partial charge in [-0.25, -0.2) is 9.37 Å². The summed E-state index contributed by atoms with van der Waals surface area (Å²) in [5.74, 6) is -0.392. The zero-order valence-electron chi connectivity index (χ0n) is 17.4. The van der Waals surface area contributed by atoms with Gasteiger partial charge in [-0.05, 0) is 41.5 Å². The number of fused-ring (bicyclic) bond motifs is 1. The average Bonchev–Trinajstić information content (AvgIpc) is 3.25. The van der Waals surface area contributed by atoms with E-state index in [0.717, 1.165) is 20.2 Å². The van der Waals surface area contributed by atoms with Crippen molar-refractivity contribution >= 4 is 56.8 Å². The Kier molecular flexibility index (Phi) is 6.53. The van der Waals surface area contributed by atoms with E-state index in [2.05, 4.69) is 53.5 Å². The number of hydrogen-bond acceptors (Lipinski definition) is 4. The fourth-order valence-electron chi connectivity index (χ4n) is 3.48. The molecule has 6 heteroatoms. The molecule has 0 bridgehead atoms. The molecule has 4 aromatic carbocycles. The van der Waals surface area contributed by atoms with E-state index in [1.807, 2.05) is 30.3 Å². The van der Waals surface area contributed by atoms with E-state index < -0.39 is 5.82 Å². The third-order valence-corrected chi connectivity index (χ3v) is 7.87. The predicted molar refractivity (Wildman–Crippen MR) is 139 cm³/mol. The number of aromatic nitrogens is 1. The summed E-state index contributed by atoms with van der Waals surface area (Å²) in [6, 6.07) is 31.3. The molecule has 2 nitrogen and oxygen atoms in total. The molecule has 0 amide bonds. The minimum Gasteiger partial charge on any atom is -0.256 e. The lowest BCUT2D eigenvalue weighted by Crippen LogP contribution is -1.96. The second kappa shape index (κ2) is 9.87. The van der Waals surface area contributed by atoms with E-state index in [1.54, 1.807) is 35.2 Å². The zero-order chi connectivity index (χ0) is 22.6. The van der Waals surface area contributed by atoms with Crippen molar-refractivity contribution in [3.8, 4) is 0 Å². The molecule has 1 heterocycles. The van der Waals surface area contributed by atoms with Crippen molar-refractivity contribution in [1.29, 1.82) is 0 Å². The van der Waals surface area contributed by atoms with Gasteiger partial charge in [0.2, 0.25) is 0 Å². The lowest BCUT2D eigenvalue weighted by molar-refractivity contribution is 0.626. The lowest BCUT2D eigenvalue weighted by atomic mass is 10.0. The van der Waals surface area contributed by atoms with Crippen molar-refractivity contribution < 1.29 is 4.39 Å². The van der Waals surface area contributed by atoms with Gasteiger partial charge in [-0.3, -0.25) is 4.99 Å². The molecule has 0 radical (unpaired) electrons. The maximum absolute atomic E-state index is 14.0. The van der Waals surface area contributed by atoms with E-state index in [4.69, 9.17) is 16.6 Å². The molecule has 33 heavy (non-hydrogen) atoms. The van der Waals surface area contributed by atoms with Crippen LogP contribution in [0, 0.1) is 5.82 Å². The van der Waals surface area contributed by atoms with Gasteiger partial charge in [0.25, 0.3) is 0 Å². The fraction of sp³-hybridized carbons (Fsp3) is 0.0370. The molecule has 0 aliphatic rings. The molecule has 0 spiro atoms. The van der Waals surface area contributed by atoms with Crippen molar-refractivity contribution in [1.82, 2.24) is 4.98 Å². The topological polar surface area (TPSA) is 25.2 Å². The highest BCUT2D eigenvalue weighted by atomic mass is 35.5. The molecule has 0 N–H and O–H groups in total. The number of hydrogen-bond donors (Lipinski definition) is 0. The number of benzene rings is 4. The predicted octanol–water partition coefficient (Wildman–Crippen LogP) is 8.72. The van der Waals surface area contributed by atoms with Crippen LogP contribution < -0.4 is 0 Å². The van der Waals surface area contributed by atoms with Crippen molar-refractivity contribution in [3.05, 3.63) is 125 Å². The quantitative estimate of drug-likeness (QED) is 0.176. The number of thiazole rings is 1. The Morgan fingerprint density at radius 1 is 0.879 bits per heavy atom. The number of aliphatic imine (C=N–C) groups is 1. The fourth-order valence-corrected chi connectivity index (χ4v) is 6.11. The highest BCUT2D eigenvalue weighted by molar-refractivity contribution is 8.01. The van der Waals surface area contributed by atoms with Crippen molar-refractivity contribution in [3.63, 3.8) is 0 Å². The Morgan fingerprint density at radius 2 is 1.58 bits per heavy atom. The molecule has 0 fully saturated rings. The molecule has 5 aromatic rings. The van der Waals surface area contributed by atoms with Crippen molar-refractivity contribution in [2.24, 2.45) is 4.99 Å². The van der Waals surface area contributed by atoms with Crippen LogP contribution in [0.15, 0.2) is 106 Å². The average molecular weight is 489 g/mol. The van der Waals surface area contributed by atoms with Gasteiger partial charge >= 0.3 is 0 Å². The third kappa shape index (κ3) is 5.01. The standard InChI is InChI=1S/C27H18ClFN2S2/c28-22-12-7-13-23(29)21(22)17-30-20-14-15-24-25(16-20)32-27(31-24)33-26(18-8-3-1-4-9-18)19-10-5-2-6-11-19/h1-17,26H. The first-order valence-corrected chi connectivity index (χ1v) is 12.4. The number of rotatable bonds is 6. The Labute approximate surface area is 204 Å². The summed E-state index contributed by atoms with van der Waals surface area (Å²) in [5.41, 5.74) is 4.41. The summed E-state index contributed by atoms with van der Waals surface area (Å²) in [7, 11) is 0. The number of thioether (sulfide) groups is 1. The Morgan fingerprint density at radius 3 is 2.24 bits per heavy atom. The zero-order valence-corrected chi connectivity index (χ0v) is 19.7. The number of halogens is 2. The summed E-state index contributed by atoms with van der Waals surface area (Å²) in [4.78, 5) is 9.28. The molecule has 0 aliphatic heterocycles. The van der Waals surface area contributed by atoms with Crippen molar-refractivity contribution in [2.75, 3.05) is 0 Å². The summed E-state index contributed by atoms with van der Waals surface area (Å²) < 4.78 is 16.0. The molecule has 5 rings (SSSR count). The van der Waals surface area contributed by atoms with E-state index in [0.29, 0.717) is 5.02 Å². The SMILES string of the molecule is Fc1cccc(Cl)c1C=Nc1ccc2nc(SC(c3ccccc3)c3ccccc3)sc2c1. The Hall–Kier alpha value is -2.99. The van der Waals surface area contributed by atoms with Crippen LogP contribution in [0.5, 0.6) is 0 Å². The van der Waals surface area contributed by atoms with Gasteiger partial charge < -0.3 is 0 Å². The van der Waals surface area contributed by atoms with Crippen LogP contribution in [-0.2, 0) is 0 Å². The number of nitrogens with zero attached hydrogens (tertiary/aromatic N) is 2. The normalized spacial score (nSPS) is 11.6. The molecule has 162 valence electrons. The molecule has 0 atom stereocenters. The van der Waals surface area contributed by atoms with Crippen LogP contribution in [0.2, 0.25) is 5.02 Å². The monoisotopic (exact) mass is 488 g/mol. The highest BCUT2D eigenvalue weighted by Crippen LogP contribution is 2.43. The van der Waals surface area contributed by atoms with Crippen LogP contribution in [0.4, 0.5) is 10.1 Å². The van der Waals surface area contributed by atoms with Crippen molar-refractivity contribution in [2.45, 2.75) is 9.59 Å². The van der Waals surface area contributed by atoms with Crippen LogP contribution in [0.3, 0.4) is 0 Å². The minimum absolute atomic E-state index is 0.147. The highest BCUT2D eigenvalue weighted by Gasteiger charge is 2.18. The first-order valence-electron chi connectivity index (χ1n) is 10.3. The third-order valence-electron chi connectivity index (χ3n) is 5.12.